The van der Waals surface area contributed by atoms with Crippen LogP contribution in [0.1, 0.15) is 12.8 Å². The largest absolute Gasteiger partial charge is 0.481 e. The second-order valence-electron chi connectivity index (χ2n) is 3.14. The molecule has 0 aliphatic heterocycles. The third-order valence-corrected chi connectivity index (χ3v) is 2.68. The molecule has 0 amide bonds. The van der Waals surface area contributed by atoms with Crippen molar-refractivity contribution in [2.24, 2.45) is 17.1 Å². The standard InChI is InChI=1S/C6H9NO2/c7-4-2-6(5(8)9)1-3(4)6/h3-4H,1-2,7H2,(H,8,9). The van der Waals surface area contributed by atoms with Gasteiger partial charge in [-0.25, -0.2) is 0 Å². The molecule has 50 valence electrons. The van der Waals surface area contributed by atoms with Gasteiger partial charge in [0.15, 0.2) is 0 Å². The van der Waals surface area contributed by atoms with Crippen LogP contribution in [0, 0.1) is 11.3 Å². The van der Waals surface area contributed by atoms with E-state index in [-0.39, 0.29) is 11.5 Å². The zero-order valence-electron chi connectivity index (χ0n) is 5.00. The highest BCUT2D eigenvalue weighted by atomic mass is 16.4. The van der Waals surface area contributed by atoms with Crippen molar-refractivity contribution in [1.82, 2.24) is 0 Å². The molecule has 0 heterocycles. The molecule has 3 heteroatoms. The first kappa shape index (κ1) is 5.23. The fourth-order valence-corrected chi connectivity index (χ4v) is 1.86. The Labute approximate surface area is 52.8 Å². The number of nitrogens with two attached hydrogens (primary N) is 1. The molecule has 3 nitrogen and oxygen atoms in total. The first-order valence-electron chi connectivity index (χ1n) is 3.16. The summed E-state index contributed by atoms with van der Waals surface area (Å²) in [6.45, 7) is 0. The molecule has 0 aromatic carbocycles. The van der Waals surface area contributed by atoms with E-state index in [0.29, 0.717) is 12.3 Å². The van der Waals surface area contributed by atoms with Gasteiger partial charge in [-0.1, -0.05) is 0 Å². The van der Waals surface area contributed by atoms with Crippen molar-refractivity contribution in [2.45, 2.75) is 18.9 Å². The minimum atomic E-state index is -0.644. The zero-order valence-corrected chi connectivity index (χ0v) is 5.00. The molecular formula is C6H9NO2. The number of hydrogen-bond acceptors (Lipinski definition) is 2. The molecule has 3 atom stereocenters. The third-order valence-electron chi connectivity index (χ3n) is 2.68. The van der Waals surface area contributed by atoms with Crippen LogP contribution >= 0.6 is 0 Å². The molecule has 0 spiro atoms. The predicted molar refractivity (Wildman–Crippen MR) is 30.8 cm³/mol. The van der Waals surface area contributed by atoms with Crippen molar-refractivity contribution in [2.75, 3.05) is 0 Å². The SMILES string of the molecule is NC1CC2(C(=O)O)CC12. The topological polar surface area (TPSA) is 63.3 Å². The summed E-state index contributed by atoms with van der Waals surface area (Å²) in [6, 6.07) is 0.182. The molecule has 0 aromatic rings. The Bertz CT molecular complexity index is 180. The summed E-state index contributed by atoms with van der Waals surface area (Å²) in [5.74, 6) is -0.329. The van der Waals surface area contributed by atoms with Gasteiger partial charge in [0.1, 0.15) is 0 Å². The lowest BCUT2D eigenvalue weighted by Crippen LogP contribution is -2.42. The Hall–Kier alpha value is -0.570. The van der Waals surface area contributed by atoms with Crippen LogP contribution in [0.2, 0.25) is 0 Å². The van der Waals surface area contributed by atoms with Gasteiger partial charge in [0.05, 0.1) is 5.41 Å². The minimum Gasteiger partial charge on any atom is -0.481 e. The van der Waals surface area contributed by atoms with E-state index in [1.165, 1.54) is 0 Å². The van der Waals surface area contributed by atoms with E-state index in [1.807, 2.05) is 0 Å². The molecule has 2 saturated carbocycles. The lowest BCUT2D eigenvalue weighted by molar-refractivity contribution is -0.147. The van der Waals surface area contributed by atoms with Crippen LogP contribution < -0.4 is 5.73 Å². The molecule has 2 rings (SSSR count). The van der Waals surface area contributed by atoms with Crippen molar-refractivity contribution in [3.63, 3.8) is 0 Å². The van der Waals surface area contributed by atoms with Gasteiger partial charge in [0, 0.05) is 6.04 Å². The molecule has 9 heavy (non-hydrogen) atoms. The van der Waals surface area contributed by atoms with E-state index in [0.717, 1.165) is 6.42 Å². The Balaban J connectivity index is 2.12. The van der Waals surface area contributed by atoms with Crippen LogP contribution in [0.15, 0.2) is 0 Å². The number of rotatable bonds is 1. The average Bonchev–Trinajstić information content (AvgIpc) is 2.36. The first-order chi connectivity index (χ1) is 4.17. The van der Waals surface area contributed by atoms with Gasteiger partial charge >= 0.3 is 5.97 Å². The van der Waals surface area contributed by atoms with Gasteiger partial charge in [0.2, 0.25) is 0 Å². The highest BCUT2D eigenvalue weighted by molar-refractivity contribution is 5.81. The summed E-state index contributed by atoms with van der Waals surface area (Å²) in [5, 5.41) is 8.60. The van der Waals surface area contributed by atoms with Gasteiger partial charge < -0.3 is 10.8 Å². The normalized spacial score (nSPS) is 53.4. The fraction of sp³-hybridized carbons (Fsp3) is 0.833. The Kier molecular flexibility index (Phi) is 0.662. The van der Waals surface area contributed by atoms with Gasteiger partial charge in [-0.2, -0.15) is 0 Å². The Morgan fingerprint density at radius 1 is 1.67 bits per heavy atom. The van der Waals surface area contributed by atoms with E-state index in [4.69, 9.17) is 10.8 Å². The first-order valence-corrected chi connectivity index (χ1v) is 3.16. The van der Waals surface area contributed by atoms with Crippen molar-refractivity contribution < 1.29 is 9.90 Å². The predicted octanol–water partition coefficient (Wildman–Crippen LogP) is -0.192. The summed E-state index contributed by atoms with van der Waals surface area (Å²) in [5.41, 5.74) is 5.18. The second kappa shape index (κ2) is 1.14. The van der Waals surface area contributed by atoms with Gasteiger partial charge in [-0.05, 0) is 18.8 Å². The molecule has 3 unspecified atom stereocenters. The van der Waals surface area contributed by atoms with Crippen LogP contribution in [0.25, 0.3) is 0 Å². The average molecular weight is 127 g/mol. The molecule has 0 radical (unpaired) electrons. The van der Waals surface area contributed by atoms with E-state index in [1.54, 1.807) is 0 Å². The molecule has 3 N–H and O–H groups in total. The van der Waals surface area contributed by atoms with Crippen molar-refractivity contribution >= 4 is 5.97 Å². The van der Waals surface area contributed by atoms with Gasteiger partial charge in [-0.3, -0.25) is 4.79 Å². The maximum Gasteiger partial charge on any atom is 0.310 e. The third kappa shape index (κ3) is 0.399. The van der Waals surface area contributed by atoms with E-state index in [2.05, 4.69) is 0 Å². The zero-order chi connectivity index (χ0) is 6.65. The molecule has 2 aliphatic rings. The molecule has 2 fully saturated rings. The monoisotopic (exact) mass is 127 g/mol. The van der Waals surface area contributed by atoms with Crippen LogP contribution in [-0.2, 0) is 4.79 Å². The number of carbonyl (C=O) groups is 1. The number of aliphatic carboxylic acids is 1. The fourth-order valence-electron chi connectivity index (χ4n) is 1.86. The molecule has 0 saturated heterocycles. The summed E-state index contributed by atoms with van der Waals surface area (Å²) in [7, 11) is 0. The highest BCUT2D eigenvalue weighted by Gasteiger charge is 2.71. The lowest BCUT2D eigenvalue weighted by Gasteiger charge is -2.27. The van der Waals surface area contributed by atoms with Crippen LogP contribution in [0.4, 0.5) is 0 Å². The van der Waals surface area contributed by atoms with Crippen molar-refractivity contribution in [1.29, 1.82) is 0 Å². The molecule has 0 bridgehead atoms. The number of carboxylic acids is 1. The van der Waals surface area contributed by atoms with Gasteiger partial charge in [0.25, 0.3) is 0 Å². The van der Waals surface area contributed by atoms with Gasteiger partial charge in [-0.15, -0.1) is 0 Å². The van der Waals surface area contributed by atoms with Crippen LogP contribution in [-0.4, -0.2) is 17.1 Å². The molecule has 0 aromatic heterocycles. The van der Waals surface area contributed by atoms with Crippen molar-refractivity contribution in [3.8, 4) is 0 Å². The van der Waals surface area contributed by atoms with E-state index in [9.17, 15) is 4.79 Å². The maximum absolute atomic E-state index is 10.4. The summed E-state index contributed by atoms with van der Waals surface area (Å²) in [6.07, 6.45) is 1.52. The minimum absolute atomic E-state index is 0.182. The van der Waals surface area contributed by atoms with Crippen LogP contribution in [0.3, 0.4) is 0 Å². The Morgan fingerprint density at radius 3 is 2.44 bits per heavy atom. The summed E-state index contributed by atoms with van der Waals surface area (Å²) in [4.78, 5) is 10.4. The number of carboxylic acid groups (broad SMARTS) is 1. The van der Waals surface area contributed by atoms with E-state index >= 15 is 0 Å². The summed E-state index contributed by atoms with van der Waals surface area (Å²) < 4.78 is 0. The quantitative estimate of drug-likeness (QED) is 0.513. The number of fused-ring (bicyclic) bond motifs is 1. The second-order valence-corrected chi connectivity index (χ2v) is 3.14. The van der Waals surface area contributed by atoms with Crippen LogP contribution in [0.5, 0.6) is 0 Å². The number of hydrogen-bond donors (Lipinski definition) is 2. The smallest absolute Gasteiger partial charge is 0.310 e. The molecular weight excluding hydrogens is 118 g/mol. The highest BCUT2D eigenvalue weighted by Crippen LogP contribution is 2.66. The van der Waals surface area contributed by atoms with Crippen molar-refractivity contribution in [3.05, 3.63) is 0 Å². The Morgan fingerprint density at radius 2 is 2.33 bits per heavy atom. The maximum atomic E-state index is 10.4. The lowest BCUT2D eigenvalue weighted by atomic mass is 9.81. The summed E-state index contributed by atoms with van der Waals surface area (Å²) >= 11 is 0. The van der Waals surface area contributed by atoms with E-state index < -0.39 is 5.97 Å². The molecule has 2 aliphatic carbocycles.